The number of hydrogen-bond donors (Lipinski definition) is 1. The summed E-state index contributed by atoms with van der Waals surface area (Å²) in [5.74, 6) is -0.497. The highest BCUT2D eigenvalue weighted by Crippen LogP contribution is 2.36. The molecular weight excluding hydrogens is 282 g/mol. The second-order valence-electron chi connectivity index (χ2n) is 5.58. The molecule has 0 aromatic carbocycles. The molecule has 0 amide bonds. The Labute approximate surface area is 131 Å². The maximum atomic E-state index is 12.4. The van der Waals surface area contributed by atoms with E-state index in [4.69, 9.17) is 9.57 Å². The van der Waals surface area contributed by atoms with E-state index < -0.39 is 11.6 Å². The number of aliphatic hydroxyl groups excluding tert-OH is 1. The largest absolute Gasteiger partial charge is 0.511 e. The van der Waals surface area contributed by atoms with Gasteiger partial charge in [-0.15, -0.1) is 0 Å². The molecule has 0 aromatic rings. The van der Waals surface area contributed by atoms with Crippen LogP contribution in [0.25, 0.3) is 0 Å². The number of esters is 1. The first-order chi connectivity index (χ1) is 10.6. The molecule has 1 aliphatic carbocycles. The summed E-state index contributed by atoms with van der Waals surface area (Å²) in [6.45, 7) is 5.63. The standard InChI is InChI=1S/C17H23NO4/c1-3-11-21-18-13(4-2)15-14(19)12-17(22-16(15)20)9-7-5-6-8-10-17/h3,7,9,19H,1,4-6,8,10-12H2,2H3. The van der Waals surface area contributed by atoms with Gasteiger partial charge in [0.15, 0.2) is 0 Å². The van der Waals surface area contributed by atoms with Crippen molar-refractivity contribution in [2.45, 2.75) is 51.0 Å². The van der Waals surface area contributed by atoms with Crippen molar-refractivity contribution in [3.05, 3.63) is 36.1 Å². The average Bonchev–Trinajstić information content (AvgIpc) is 2.70. The Hall–Kier alpha value is -2.04. The molecule has 5 heteroatoms. The van der Waals surface area contributed by atoms with Gasteiger partial charge in [-0.1, -0.05) is 30.8 Å². The van der Waals surface area contributed by atoms with Crippen LogP contribution in [0, 0.1) is 0 Å². The van der Waals surface area contributed by atoms with Crippen molar-refractivity contribution in [3.63, 3.8) is 0 Å². The summed E-state index contributed by atoms with van der Waals surface area (Å²) in [5, 5.41) is 14.3. The van der Waals surface area contributed by atoms with Gasteiger partial charge in [-0.25, -0.2) is 4.79 Å². The second-order valence-corrected chi connectivity index (χ2v) is 5.58. The summed E-state index contributed by atoms with van der Waals surface area (Å²) in [7, 11) is 0. The molecule has 22 heavy (non-hydrogen) atoms. The molecular formula is C17H23NO4. The fraction of sp³-hybridized carbons (Fsp3) is 0.529. The van der Waals surface area contributed by atoms with Crippen LogP contribution < -0.4 is 0 Å². The lowest BCUT2D eigenvalue weighted by Gasteiger charge is -2.34. The Balaban J connectivity index is 2.26. The van der Waals surface area contributed by atoms with Crippen LogP contribution in [0.4, 0.5) is 0 Å². The number of oxime groups is 1. The van der Waals surface area contributed by atoms with Crippen LogP contribution in [0.1, 0.15) is 45.4 Å². The topological polar surface area (TPSA) is 68.1 Å². The minimum Gasteiger partial charge on any atom is -0.511 e. The molecule has 1 N–H and O–H groups in total. The van der Waals surface area contributed by atoms with Gasteiger partial charge in [-0.3, -0.25) is 0 Å². The van der Waals surface area contributed by atoms with E-state index in [0.717, 1.165) is 25.7 Å². The molecule has 0 saturated carbocycles. The van der Waals surface area contributed by atoms with Crippen LogP contribution >= 0.6 is 0 Å². The van der Waals surface area contributed by atoms with Crippen molar-refractivity contribution in [2.75, 3.05) is 6.61 Å². The lowest BCUT2D eigenvalue weighted by atomic mass is 9.88. The average molecular weight is 305 g/mol. The summed E-state index contributed by atoms with van der Waals surface area (Å²) < 4.78 is 5.67. The van der Waals surface area contributed by atoms with Gasteiger partial charge in [-0.05, 0) is 38.2 Å². The number of carbonyl (C=O) groups excluding carboxylic acids is 1. The maximum absolute atomic E-state index is 12.4. The predicted octanol–water partition coefficient (Wildman–Crippen LogP) is 3.58. The lowest BCUT2D eigenvalue weighted by molar-refractivity contribution is -0.153. The Bertz CT molecular complexity index is 533. The third-order valence-corrected chi connectivity index (χ3v) is 3.89. The van der Waals surface area contributed by atoms with Gasteiger partial charge in [0.2, 0.25) is 0 Å². The fourth-order valence-corrected chi connectivity index (χ4v) is 2.80. The minimum atomic E-state index is -0.706. The molecule has 2 rings (SSSR count). The SMILES string of the molecule is C=CCON=C(CC)C1=C(O)CC2(C=CCCCC2)OC1=O. The third-order valence-electron chi connectivity index (χ3n) is 3.89. The highest BCUT2D eigenvalue weighted by molar-refractivity contribution is 6.20. The molecule has 0 bridgehead atoms. The number of ether oxygens (including phenoxy) is 1. The zero-order valence-electron chi connectivity index (χ0n) is 13.0. The molecule has 0 fully saturated rings. The van der Waals surface area contributed by atoms with E-state index in [1.54, 1.807) is 6.08 Å². The lowest BCUT2D eigenvalue weighted by Crippen LogP contribution is -2.40. The van der Waals surface area contributed by atoms with Crippen molar-refractivity contribution < 1.29 is 19.5 Å². The van der Waals surface area contributed by atoms with Crippen molar-refractivity contribution in [2.24, 2.45) is 5.16 Å². The van der Waals surface area contributed by atoms with E-state index in [1.807, 2.05) is 19.1 Å². The summed E-state index contributed by atoms with van der Waals surface area (Å²) in [4.78, 5) is 17.4. The predicted molar refractivity (Wildman–Crippen MR) is 84.6 cm³/mol. The highest BCUT2D eigenvalue weighted by atomic mass is 16.6. The van der Waals surface area contributed by atoms with Crippen molar-refractivity contribution >= 4 is 11.7 Å². The Morgan fingerprint density at radius 2 is 2.41 bits per heavy atom. The molecule has 0 aromatic heterocycles. The van der Waals surface area contributed by atoms with Crippen LogP contribution in [0.3, 0.4) is 0 Å². The van der Waals surface area contributed by atoms with Crippen LogP contribution in [-0.4, -0.2) is 29.0 Å². The summed E-state index contributed by atoms with van der Waals surface area (Å²) in [5.41, 5.74) is -0.172. The van der Waals surface area contributed by atoms with Crippen molar-refractivity contribution in [3.8, 4) is 0 Å². The first kappa shape index (κ1) is 16.3. The molecule has 1 atom stereocenters. The molecule has 0 radical (unpaired) electrons. The van der Waals surface area contributed by atoms with Gasteiger partial charge in [0.1, 0.15) is 23.5 Å². The number of allylic oxidation sites excluding steroid dienone is 1. The molecule has 1 heterocycles. The Morgan fingerprint density at radius 3 is 3.09 bits per heavy atom. The monoisotopic (exact) mass is 305 g/mol. The summed E-state index contributed by atoms with van der Waals surface area (Å²) >= 11 is 0. The van der Waals surface area contributed by atoms with Gasteiger partial charge in [-0.2, -0.15) is 0 Å². The quantitative estimate of drug-likeness (QED) is 0.277. The minimum absolute atomic E-state index is 0.0330. The van der Waals surface area contributed by atoms with E-state index in [0.29, 0.717) is 18.6 Å². The molecule has 1 unspecified atom stereocenters. The van der Waals surface area contributed by atoms with Crippen LogP contribution in [0.15, 0.2) is 41.3 Å². The van der Waals surface area contributed by atoms with E-state index in [9.17, 15) is 9.90 Å². The van der Waals surface area contributed by atoms with E-state index in [2.05, 4.69) is 11.7 Å². The number of hydrogen-bond acceptors (Lipinski definition) is 5. The number of aliphatic hydroxyl groups is 1. The zero-order valence-corrected chi connectivity index (χ0v) is 13.0. The first-order valence-electron chi connectivity index (χ1n) is 7.75. The van der Waals surface area contributed by atoms with Gasteiger partial charge in [0, 0.05) is 6.42 Å². The van der Waals surface area contributed by atoms with Crippen LogP contribution in [0.5, 0.6) is 0 Å². The molecule has 5 nitrogen and oxygen atoms in total. The normalized spacial score (nSPS) is 25.9. The number of rotatable bonds is 5. The van der Waals surface area contributed by atoms with E-state index in [1.165, 1.54) is 0 Å². The Kier molecular flexibility index (Phi) is 5.41. The maximum Gasteiger partial charge on any atom is 0.344 e. The van der Waals surface area contributed by atoms with Crippen molar-refractivity contribution in [1.82, 2.24) is 0 Å². The van der Waals surface area contributed by atoms with Gasteiger partial charge >= 0.3 is 5.97 Å². The Morgan fingerprint density at radius 1 is 1.59 bits per heavy atom. The molecule has 1 spiro atoms. The highest BCUT2D eigenvalue weighted by Gasteiger charge is 2.41. The zero-order chi connectivity index (χ0) is 16.0. The molecule has 1 aliphatic heterocycles. The van der Waals surface area contributed by atoms with Crippen molar-refractivity contribution in [1.29, 1.82) is 0 Å². The summed E-state index contributed by atoms with van der Waals surface area (Å²) in [6, 6.07) is 0. The fourth-order valence-electron chi connectivity index (χ4n) is 2.80. The molecule has 0 saturated heterocycles. The van der Waals surface area contributed by atoms with Gasteiger partial charge in [0.25, 0.3) is 0 Å². The summed E-state index contributed by atoms with van der Waals surface area (Å²) in [6.07, 6.45) is 10.0. The van der Waals surface area contributed by atoms with E-state index >= 15 is 0 Å². The first-order valence-corrected chi connectivity index (χ1v) is 7.75. The smallest absolute Gasteiger partial charge is 0.344 e. The van der Waals surface area contributed by atoms with Crippen LogP contribution in [-0.2, 0) is 14.4 Å². The van der Waals surface area contributed by atoms with Gasteiger partial charge in [0.05, 0.1) is 5.71 Å². The number of carbonyl (C=O) groups is 1. The molecule has 120 valence electrons. The van der Waals surface area contributed by atoms with Crippen LogP contribution in [0.2, 0.25) is 0 Å². The second kappa shape index (κ2) is 7.29. The number of nitrogens with zero attached hydrogens (tertiary/aromatic N) is 1. The third kappa shape index (κ3) is 3.59. The van der Waals surface area contributed by atoms with E-state index in [-0.39, 0.29) is 17.9 Å². The van der Waals surface area contributed by atoms with Gasteiger partial charge < -0.3 is 14.7 Å². The molecule has 2 aliphatic rings.